The van der Waals surface area contributed by atoms with Gasteiger partial charge in [-0.1, -0.05) is 23.9 Å². The maximum Gasteiger partial charge on any atom is 0.247 e. The molecule has 0 spiro atoms. The molecular formula is C9H7NOS2. The first-order valence-corrected chi connectivity index (χ1v) is 5.79. The largest absolute Gasteiger partial charge is 0.279 e. The second-order valence-electron chi connectivity index (χ2n) is 2.48. The average molecular weight is 209 g/mol. The van der Waals surface area contributed by atoms with Crippen LogP contribution in [0.2, 0.25) is 0 Å². The maximum atomic E-state index is 11.3. The number of benzene rings is 1. The van der Waals surface area contributed by atoms with E-state index in [9.17, 15) is 4.79 Å². The lowest BCUT2D eigenvalue weighted by Crippen LogP contribution is -1.88. The third-order valence-electron chi connectivity index (χ3n) is 1.65. The summed E-state index contributed by atoms with van der Waals surface area (Å²) in [5.41, 5.74) is 0.907. The van der Waals surface area contributed by atoms with Gasteiger partial charge in [0.25, 0.3) is 0 Å². The van der Waals surface area contributed by atoms with Crippen LogP contribution in [0.5, 0.6) is 0 Å². The molecule has 0 radical (unpaired) electrons. The Morgan fingerprint density at radius 2 is 2.23 bits per heavy atom. The standard InChI is InChI=1S/C9H7NOS2/c1-12-9(11)8-10-6-4-2-3-5-7(6)13-8/h2-5H,1H3. The van der Waals surface area contributed by atoms with Crippen molar-refractivity contribution in [1.29, 1.82) is 0 Å². The van der Waals surface area contributed by atoms with Gasteiger partial charge in [0.2, 0.25) is 5.12 Å². The summed E-state index contributed by atoms with van der Waals surface area (Å²) in [5.74, 6) is 0. The fourth-order valence-corrected chi connectivity index (χ4v) is 2.44. The molecule has 1 heterocycles. The van der Waals surface area contributed by atoms with Gasteiger partial charge < -0.3 is 0 Å². The average Bonchev–Trinajstić information content (AvgIpc) is 2.59. The quantitative estimate of drug-likeness (QED) is 0.723. The van der Waals surface area contributed by atoms with Gasteiger partial charge in [-0.3, -0.25) is 4.79 Å². The SMILES string of the molecule is CSC(=O)c1nc2ccccc2s1. The number of carbonyl (C=O) groups excluding carboxylic acids is 1. The van der Waals surface area contributed by atoms with Gasteiger partial charge in [-0.15, -0.1) is 11.3 Å². The lowest BCUT2D eigenvalue weighted by atomic mass is 10.3. The van der Waals surface area contributed by atoms with Crippen molar-refractivity contribution in [3.8, 4) is 0 Å². The van der Waals surface area contributed by atoms with Crippen molar-refractivity contribution in [3.63, 3.8) is 0 Å². The van der Waals surface area contributed by atoms with Gasteiger partial charge in [-0.25, -0.2) is 4.98 Å². The Labute approximate surface area is 84.0 Å². The Morgan fingerprint density at radius 3 is 2.92 bits per heavy atom. The Hall–Kier alpha value is -0.870. The summed E-state index contributed by atoms with van der Waals surface area (Å²) < 4.78 is 1.07. The van der Waals surface area contributed by atoms with Crippen molar-refractivity contribution in [2.75, 3.05) is 6.26 Å². The van der Waals surface area contributed by atoms with Crippen LogP contribution in [0.4, 0.5) is 0 Å². The number of carbonyl (C=O) groups is 1. The lowest BCUT2D eigenvalue weighted by Gasteiger charge is -1.84. The topological polar surface area (TPSA) is 30.0 Å². The molecule has 0 N–H and O–H groups in total. The molecule has 0 aliphatic carbocycles. The summed E-state index contributed by atoms with van der Waals surface area (Å²) in [4.78, 5) is 15.5. The highest BCUT2D eigenvalue weighted by Crippen LogP contribution is 2.23. The number of rotatable bonds is 1. The first-order chi connectivity index (χ1) is 6.31. The smallest absolute Gasteiger partial charge is 0.247 e. The van der Waals surface area contributed by atoms with Gasteiger partial charge in [-0.2, -0.15) is 0 Å². The van der Waals surface area contributed by atoms with E-state index in [2.05, 4.69) is 4.98 Å². The molecule has 0 bridgehead atoms. The van der Waals surface area contributed by atoms with Crippen LogP contribution in [0.3, 0.4) is 0 Å². The highest BCUT2D eigenvalue weighted by molar-refractivity contribution is 8.13. The van der Waals surface area contributed by atoms with Crippen LogP contribution in [0.25, 0.3) is 10.2 Å². The van der Waals surface area contributed by atoms with Crippen LogP contribution in [-0.2, 0) is 0 Å². The second-order valence-corrected chi connectivity index (χ2v) is 4.29. The zero-order chi connectivity index (χ0) is 9.26. The van der Waals surface area contributed by atoms with E-state index in [1.807, 2.05) is 24.3 Å². The summed E-state index contributed by atoms with van der Waals surface area (Å²) in [5, 5.41) is 0.634. The number of thioether (sulfide) groups is 1. The van der Waals surface area contributed by atoms with E-state index < -0.39 is 0 Å². The van der Waals surface area contributed by atoms with Crippen molar-refractivity contribution in [2.24, 2.45) is 0 Å². The molecule has 0 fully saturated rings. The number of hydrogen-bond acceptors (Lipinski definition) is 4. The van der Waals surface area contributed by atoms with Crippen molar-refractivity contribution >= 4 is 38.4 Å². The molecule has 0 saturated heterocycles. The number of para-hydroxylation sites is 1. The van der Waals surface area contributed by atoms with Crippen LogP contribution in [-0.4, -0.2) is 16.4 Å². The minimum Gasteiger partial charge on any atom is -0.279 e. The molecule has 4 heteroatoms. The maximum absolute atomic E-state index is 11.3. The zero-order valence-corrected chi connectivity index (χ0v) is 8.61. The monoisotopic (exact) mass is 209 g/mol. The van der Waals surface area contributed by atoms with E-state index in [1.54, 1.807) is 6.26 Å². The zero-order valence-electron chi connectivity index (χ0n) is 6.98. The molecule has 1 aromatic carbocycles. The van der Waals surface area contributed by atoms with E-state index in [4.69, 9.17) is 0 Å². The minimum atomic E-state index is 0.0428. The van der Waals surface area contributed by atoms with Crippen LogP contribution in [0.1, 0.15) is 9.80 Å². The summed E-state index contributed by atoms with van der Waals surface area (Å²) in [6.07, 6.45) is 1.77. The lowest BCUT2D eigenvalue weighted by molar-refractivity contribution is 0.108. The molecule has 0 atom stereocenters. The molecule has 2 rings (SSSR count). The molecule has 2 aromatic rings. The molecular weight excluding hydrogens is 202 g/mol. The number of hydrogen-bond donors (Lipinski definition) is 0. The molecule has 0 unspecified atom stereocenters. The molecule has 0 amide bonds. The Morgan fingerprint density at radius 1 is 1.46 bits per heavy atom. The van der Waals surface area contributed by atoms with Gasteiger partial charge in [-0.05, 0) is 18.4 Å². The van der Waals surface area contributed by atoms with Crippen molar-refractivity contribution in [3.05, 3.63) is 29.3 Å². The fourth-order valence-electron chi connectivity index (χ4n) is 1.05. The van der Waals surface area contributed by atoms with Crippen molar-refractivity contribution in [1.82, 2.24) is 4.98 Å². The van der Waals surface area contributed by atoms with Gasteiger partial charge >= 0.3 is 0 Å². The van der Waals surface area contributed by atoms with E-state index in [0.29, 0.717) is 5.01 Å². The van der Waals surface area contributed by atoms with Gasteiger partial charge in [0, 0.05) is 0 Å². The Bertz CT molecular complexity index is 417. The molecule has 13 heavy (non-hydrogen) atoms. The Kier molecular flexibility index (Phi) is 2.33. The third kappa shape index (κ3) is 1.59. The van der Waals surface area contributed by atoms with E-state index in [-0.39, 0.29) is 5.12 Å². The predicted molar refractivity (Wildman–Crippen MR) is 57.5 cm³/mol. The molecule has 2 nitrogen and oxygen atoms in total. The normalized spacial score (nSPS) is 10.5. The van der Waals surface area contributed by atoms with Crippen LogP contribution < -0.4 is 0 Å². The number of aromatic nitrogens is 1. The Balaban J connectivity index is 2.56. The van der Waals surface area contributed by atoms with Gasteiger partial charge in [0.1, 0.15) is 0 Å². The number of nitrogens with zero attached hydrogens (tertiary/aromatic N) is 1. The number of fused-ring (bicyclic) bond motifs is 1. The third-order valence-corrected chi connectivity index (χ3v) is 3.38. The van der Waals surface area contributed by atoms with Crippen molar-refractivity contribution in [2.45, 2.75) is 0 Å². The van der Waals surface area contributed by atoms with Crippen LogP contribution in [0, 0.1) is 0 Å². The van der Waals surface area contributed by atoms with E-state index in [1.165, 1.54) is 23.1 Å². The summed E-state index contributed by atoms with van der Waals surface area (Å²) in [6.45, 7) is 0. The molecule has 0 aliphatic heterocycles. The van der Waals surface area contributed by atoms with E-state index in [0.717, 1.165) is 10.2 Å². The first-order valence-electron chi connectivity index (χ1n) is 3.75. The van der Waals surface area contributed by atoms with Gasteiger partial charge in [0.15, 0.2) is 5.01 Å². The molecule has 0 saturated carbocycles. The highest BCUT2D eigenvalue weighted by Gasteiger charge is 2.09. The summed E-state index contributed by atoms with van der Waals surface area (Å²) in [7, 11) is 0. The predicted octanol–water partition coefficient (Wildman–Crippen LogP) is 2.80. The molecule has 1 aromatic heterocycles. The second kappa shape index (κ2) is 3.47. The highest BCUT2D eigenvalue weighted by atomic mass is 32.2. The number of thiazole rings is 1. The summed E-state index contributed by atoms with van der Waals surface area (Å²) >= 11 is 2.65. The minimum absolute atomic E-state index is 0.0428. The summed E-state index contributed by atoms with van der Waals surface area (Å²) in [6, 6.07) is 7.77. The first kappa shape index (κ1) is 8.72. The van der Waals surface area contributed by atoms with Crippen molar-refractivity contribution < 1.29 is 4.79 Å². The van der Waals surface area contributed by atoms with E-state index >= 15 is 0 Å². The van der Waals surface area contributed by atoms with Gasteiger partial charge in [0.05, 0.1) is 10.2 Å². The molecule has 66 valence electrons. The van der Waals surface area contributed by atoms with Crippen LogP contribution in [0.15, 0.2) is 24.3 Å². The van der Waals surface area contributed by atoms with Crippen LogP contribution >= 0.6 is 23.1 Å². The molecule has 0 aliphatic rings. The fraction of sp³-hybridized carbons (Fsp3) is 0.111.